The molecule has 5 aromatic rings. The van der Waals surface area contributed by atoms with Crippen molar-refractivity contribution in [3.05, 3.63) is 112 Å². The molecule has 0 aliphatic heterocycles. The zero-order valence-corrected chi connectivity index (χ0v) is 34.2. The predicted molar refractivity (Wildman–Crippen MR) is 174 cm³/mol. The van der Waals surface area contributed by atoms with Crippen LogP contribution in [0, 0.1) is 0 Å². The first-order valence-electron chi connectivity index (χ1n) is 13.8. The van der Waals surface area contributed by atoms with E-state index in [-0.39, 0.29) is 109 Å². The number of anilines is 3. The second-order valence-electron chi connectivity index (χ2n) is 10.5. The molecule has 0 spiro atoms. The van der Waals surface area contributed by atoms with Crippen LogP contribution in [0.5, 0.6) is 0 Å². The van der Waals surface area contributed by atoms with Crippen LogP contribution < -0.4 is 81.4 Å². The zero-order chi connectivity index (χ0) is 37.0. The van der Waals surface area contributed by atoms with Crippen LogP contribution in [-0.2, 0) is 30.4 Å². The molecule has 0 saturated carbocycles. The fourth-order valence-electron chi connectivity index (χ4n) is 5.09. The minimum Gasteiger partial charge on any atom is -0.744 e. The van der Waals surface area contributed by atoms with Crippen molar-refractivity contribution in [1.29, 1.82) is 0 Å². The van der Waals surface area contributed by atoms with Gasteiger partial charge in [0.1, 0.15) is 25.1 Å². The van der Waals surface area contributed by atoms with Gasteiger partial charge in [0, 0.05) is 16.8 Å². The van der Waals surface area contributed by atoms with Crippen molar-refractivity contribution in [3.8, 4) is 0 Å². The molecular weight excluding hydrogens is 800 g/mol. The Balaban J connectivity index is 0.00000314. The SMILES string of the molecule is Nc1c(S(=O)(=O)O)cc(Nc2ccc(N=c3[nH]c(Cl)nc(=Nc4cccc(S(=O)(=O)[O-])c4)[nH]3)c(S(=O)(=O)[O-])c2)c2c1C(=O)c1ccccc1C2=O.[Na+].[Na+]. The summed E-state index contributed by atoms with van der Waals surface area (Å²) >= 11 is 6.04. The number of fused-ring (bicyclic) bond motifs is 2. The number of nitrogens with two attached hydrogens (primary N) is 1. The predicted octanol–water partition coefficient (Wildman–Crippen LogP) is -3.98. The molecule has 1 aliphatic rings. The molecule has 0 radical (unpaired) electrons. The zero-order valence-electron chi connectivity index (χ0n) is 27.0. The number of nitrogens with one attached hydrogen (secondary N) is 3. The average Bonchev–Trinajstić information content (AvgIpc) is 3.03. The molecule has 262 valence electrons. The molecule has 24 heteroatoms. The van der Waals surface area contributed by atoms with Gasteiger partial charge in [0.05, 0.1) is 43.7 Å². The summed E-state index contributed by atoms with van der Waals surface area (Å²) < 4.78 is 106. The molecule has 1 heterocycles. The Bertz CT molecular complexity index is 2850. The normalized spacial score (nSPS) is 13.4. The molecule has 18 nitrogen and oxygen atoms in total. The maximum atomic E-state index is 13.6. The molecule has 6 rings (SSSR count). The topological polar surface area (TPSA) is 310 Å². The third-order valence-electron chi connectivity index (χ3n) is 7.22. The molecule has 53 heavy (non-hydrogen) atoms. The van der Waals surface area contributed by atoms with Gasteiger partial charge in [-0.25, -0.2) is 26.8 Å². The van der Waals surface area contributed by atoms with Gasteiger partial charge in [0.15, 0.2) is 11.6 Å². The van der Waals surface area contributed by atoms with Crippen molar-refractivity contribution in [2.75, 3.05) is 11.1 Å². The van der Waals surface area contributed by atoms with Gasteiger partial charge in [-0.15, -0.1) is 0 Å². The molecule has 0 bridgehead atoms. The number of benzene rings is 4. The summed E-state index contributed by atoms with van der Waals surface area (Å²) in [5, 5.41) is 2.30. The summed E-state index contributed by atoms with van der Waals surface area (Å²) in [7, 11) is -15.2. The first-order valence-corrected chi connectivity index (χ1v) is 18.5. The third-order valence-corrected chi connectivity index (χ3v) is 9.98. The van der Waals surface area contributed by atoms with Crippen LogP contribution in [0.3, 0.4) is 0 Å². The van der Waals surface area contributed by atoms with E-state index in [0.29, 0.717) is 0 Å². The molecular formula is C29H18ClN7Na2O11S3. The van der Waals surface area contributed by atoms with Crippen molar-refractivity contribution in [1.82, 2.24) is 15.0 Å². The summed E-state index contributed by atoms with van der Waals surface area (Å²) in [5.41, 5.74) is 2.61. The van der Waals surface area contributed by atoms with Gasteiger partial charge in [0.25, 0.3) is 10.1 Å². The maximum absolute atomic E-state index is 13.6. The Kier molecular flexibility index (Phi) is 12.5. The number of ketones is 2. The van der Waals surface area contributed by atoms with Crippen LogP contribution in [0.1, 0.15) is 31.8 Å². The first-order chi connectivity index (χ1) is 23.8. The molecule has 0 amide bonds. The summed E-state index contributed by atoms with van der Waals surface area (Å²) in [4.78, 5) is 41.7. The summed E-state index contributed by atoms with van der Waals surface area (Å²) in [6, 6.07) is 14.1. The first kappa shape index (κ1) is 42.2. The summed E-state index contributed by atoms with van der Waals surface area (Å²) in [5.74, 6) is -1.57. The van der Waals surface area contributed by atoms with Crippen LogP contribution in [0.2, 0.25) is 5.28 Å². The second kappa shape index (κ2) is 15.7. The second-order valence-corrected chi connectivity index (χ2v) is 15.0. The van der Waals surface area contributed by atoms with Gasteiger partial charge in [-0.2, -0.15) is 13.4 Å². The van der Waals surface area contributed by atoms with Gasteiger partial charge in [-0.1, -0.05) is 30.3 Å². The number of aromatic amines is 2. The Labute approximate surface area is 348 Å². The molecule has 0 atom stereocenters. The number of H-pyrrole nitrogens is 2. The molecule has 0 unspecified atom stereocenters. The largest absolute Gasteiger partial charge is 1.00 e. The minimum absolute atomic E-state index is 0. The van der Waals surface area contributed by atoms with Gasteiger partial charge in [-0.05, 0) is 54.1 Å². The molecule has 0 fully saturated rings. The van der Waals surface area contributed by atoms with Crippen LogP contribution in [0.25, 0.3) is 0 Å². The van der Waals surface area contributed by atoms with Crippen LogP contribution in [0.15, 0.2) is 97.5 Å². The van der Waals surface area contributed by atoms with E-state index in [0.717, 1.165) is 30.3 Å². The number of halogens is 1. The monoisotopic (exact) mass is 817 g/mol. The molecule has 0 saturated heterocycles. The standard InChI is InChI=1S/C29H20ClN7O11S3.2Na/c30-27-35-28(33-13-4-3-5-15(10-13)49(40,41)42)37-29(36-27)34-18-9-8-14(11-20(18)50(43,44)45)32-19-12-21(51(46,47)48)24(31)23-22(19)25(38)16-6-1-2-7-17(16)26(23)39;;/h1-12,32H,31H2,(H,40,41,42)(H,43,44,45)(H,46,47,48)(H2,33,34,35,36,37);;/q;2*+1/p-2. The molecule has 6 N–H and O–H groups in total. The van der Waals surface area contributed by atoms with Gasteiger partial charge < -0.3 is 25.1 Å². The quantitative estimate of drug-likeness (QED) is 0.0583. The summed E-state index contributed by atoms with van der Waals surface area (Å²) in [6.45, 7) is 0. The van der Waals surface area contributed by atoms with Gasteiger partial charge >= 0.3 is 59.1 Å². The molecule has 1 aliphatic carbocycles. The number of carbonyl (C=O) groups excluding carboxylic acids is 2. The Hall–Kier alpha value is -3.55. The fraction of sp³-hybridized carbons (Fsp3) is 0. The number of hydrogen-bond donors (Lipinski definition) is 5. The van der Waals surface area contributed by atoms with E-state index in [1.165, 1.54) is 42.5 Å². The van der Waals surface area contributed by atoms with Crippen LogP contribution in [0.4, 0.5) is 28.4 Å². The van der Waals surface area contributed by atoms with E-state index < -0.39 is 73.5 Å². The van der Waals surface area contributed by atoms with E-state index in [1.54, 1.807) is 0 Å². The smallest absolute Gasteiger partial charge is 0.744 e. The van der Waals surface area contributed by atoms with Crippen LogP contribution in [-0.4, -0.2) is 65.4 Å². The number of nitrogens with zero attached hydrogens (tertiary/aromatic N) is 3. The Morgan fingerprint density at radius 3 is 2.02 bits per heavy atom. The van der Waals surface area contributed by atoms with E-state index in [9.17, 15) is 48.5 Å². The van der Waals surface area contributed by atoms with E-state index in [2.05, 4.69) is 30.3 Å². The summed E-state index contributed by atoms with van der Waals surface area (Å²) in [6.07, 6.45) is 0. The van der Waals surface area contributed by atoms with Crippen molar-refractivity contribution < 1.29 is 108 Å². The number of aromatic nitrogens is 3. The Morgan fingerprint density at radius 2 is 1.42 bits per heavy atom. The van der Waals surface area contributed by atoms with Gasteiger partial charge in [-0.3, -0.25) is 19.1 Å². The number of hydrogen-bond acceptors (Lipinski definition) is 15. The van der Waals surface area contributed by atoms with Crippen molar-refractivity contribution in [3.63, 3.8) is 0 Å². The Morgan fingerprint density at radius 1 is 0.774 bits per heavy atom. The third kappa shape index (κ3) is 8.89. The number of carbonyl (C=O) groups is 2. The maximum Gasteiger partial charge on any atom is 1.00 e. The van der Waals surface area contributed by atoms with Crippen LogP contribution >= 0.6 is 11.6 Å². The number of nitrogen functional groups attached to an aromatic ring is 1. The van der Waals surface area contributed by atoms with E-state index in [1.807, 2.05) is 0 Å². The minimum atomic E-state index is -5.32. The average molecular weight is 818 g/mol. The van der Waals surface area contributed by atoms with E-state index in [4.69, 9.17) is 17.3 Å². The molecule has 4 aromatic carbocycles. The fourth-order valence-corrected chi connectivity index (χ4v) is 7.06. The van der Waals surface area contributed by atoms with Crippen molar-refractivity contribution >= 4 is 82.0 Å². The van der Waals surface area contributed by atoms with Crippen molar-refractivity contribution in [2.24, 2.45) is 9.98 Å². The van der Waals surface area contributed by atoms with Gasteiger partial charge in [0.2, 0.25) is 16.5 Å². The number of rotatable bonds is 7. The van der Waals surface area contributed by atoms with Crippen molar-refractivity contribution in [2.45, 2.75) is 14.7 Å². The molecule has 1 aromatic heterocycles. The van der Waals surface area contributed by atoms with E-state index >= 15 is 0 Å².